The SMILES string of the molecule is COC(=O)C(NC1CCCCCCC1)C(C)C. The van der Waals surface area contributed by atoms with Gasteiger partial charge in [0.25, 0.3) is 0 Å². The van der Waals surface area contributed by atoms with Gasteiger partial charge in [0.1, 0.15) is 6.04 Å². The lowest BCUT2D eigenvalue weighted by atomic mass is 9.94. The Labute approximate surface area is 105 Å². The third kappa shape index (κ3) is 5.07. The molecule has 0 radical (unpaired) electrons. The van der Waals surface area contributed by atoms with E-state index in [1.165, 1.54) is 52.1 Å². The van der Waals surface area contributed by atoms with Crippen LogP contribution in [0.2, 0.25) is 0 Å². The van der Waals surface area contributed by atoms with E-state index in [-0.39, 0.29) is 17.9 Å². The van der Waals surface area contributed by atoms with Crippen molar-refractivity contribution in [1.29, 1.82) is 0 Å². The van der Waals surface area contributed by atoms with Gasteiger partial charge in [-0.3, -0.25) is 4.79 Å². The van der Waals surface area contributed by atoms with Gasteiger partial charge < -0.3 is 10.1 Å². The summed E-state index contributed by atoms with van der Waals surface area (Å²) >= 11 is 0. The average molecular weight is 241 g/mol. The second-order valence-electron chi connectivity index (χ2n) is 5.45. The lowest BCUT2D eigenvalue weighted by molar-refractivity contribution is -0.144. The molecule has 1 fully saturated rings. The molecule has 0 spiro atoms. The van der Waals surface area contributed by atoms with Crippen molar-refractivity contribution in [1.82, 2.24) is 5.32 Å². The molecular formula is C14H27NO2. The number of carbonyl (C=O) groups is 1. The van der Waals surface area contributed by atoms with Crippen molar-refractivity contribution in [2.75, 3.05) is 7.11 Å². The van der Waals surface area contributed by atoms with Gasteiger partial charge in [-0.1, -0.05) is 46.0 Å². The molecule has 17 heavy (non-hydrogen) atoms. The van der Waals surface area contributed by atoms with Gasteiger partial charge in [0.05, 0.1) is 7.11 Å². The minimum atomic E-state index is -0.149. The summed E-state index contributed by atoms with van der Waals surface area (Å²) in [5.74, 6) is 0.162. The highest BCUT2D eigenvalue weighted by molar-refractivity contribution is 5.75. The van der Waals surface area contributed by atoms with Crippen LogP contribution < -0.4 is 5.32 Å². The van der Waals surface area contributed by atoms with Crippen molar-refractivity contribution in [2.45, 2.75) is 70.9 Å². The molecule has 1 N–H and O–H groups in total. The van der Waals surface area contributed by atoms with Gasteiger partial charge in [-0.05, 0) is 18.8 Å². The lowest BCUT2D eigenvalue weighted by Gasteiger charge is -2.27. The minimum absolute atomic E-state index is 0.123. The van der Waals surface area contributed by atoms with E-state index in [0.29, 0.717) is 6.04 Å². The number of hydrogen-bond acceptors (Lipinski definition) is 3. The molecule has 0 aliphatic heterocycles. The van der Waals surface area contributed by atoms with Crippen molar-refractivity contribution < 1.29 is 9.53 Å². The van der Waals surface area contributed by atoms with Crippen LogP contribution in [0.25, 0.3) is 0 Å². The first-order valence-corrected chi connectivity index (χ1v) is 6.99. The second kappa shape index (κ2) is 7.70. The molecule has 1 aliphatic rings. The Kier molecular flexibility index (Phi) is 6.56. The summed E-state index contributed by atoms with van der Waals surface area (Å²) in [6.45, 7) is 4.13. The summed E-state index contributed by atoms with van der Waals surface area (Å²) in [6, 6.07) is 0.339. The number of ether oxygens (including phenoxy) is 1. The van der Waals surface area contributed by atoms with Crippen molar-refractivity contribution in [3.8, 4) is 0 Å². The molecule has 0 amide bonds. The van der Waals surface area contributed by atoms with E-state index < -0.39 is 0 Å². The molecule has 1 unspecified atom stereocenters. The van der Waals surface area contributed by atoms with Crippen LogP contribution in [0, 0.1) is 5.92 Å². The number of hydrogen-bond donors (Lipinski definition) is 1. The van der Waals surface area contributed by atoms with Crippen LogP contribution in [0.1, 0.15) is 58.8 Å². The van der Waals surface area contributed by atoms with Crippen LogP contribution in [0.5, 0.6) is 0 Å². The van der Waals surface area contributed by atoms with E-state index >= 15 is 0 Å². The largest absolute Gasteiger partial charge is 0.468 e. The molecule has 1 atom stereocenters. The Bertz CT molecular complexity index is 220. The van der Waals surface area contributed by atoms with Crippen LogP contribution in [-0.4, -0.2) is 25.2 Å². The smallest absolute Gasteiger partial charge is 0.323 e. The highest BCUT2D eigenvalue weighted by Gasteiger charge is 2.25. The number of esters is 1. The normalized spacial score (nSPS) is 20.7. The highest BCUT2D eigenvalue weighted by atomic mass is 16.5. The lowest BCUT2D eigenvalue weighted by Crippen LogP contribution is -2.47. The van der Waals surface area contributed by atoms with Crippen molar-refractivity contribution >= 4 is 5.97 Å². The van der Waals surface area contributed by atoms with E-state index in [4.69, 9.17) is 4.74 Å². The molecular weight excluding hydrogens is 214 g/mol. The Morgan fingerprint density at radius 2 is 1.65 bits per heavy atom. The molecule has 0 aromatic carbocycles. The fourth-order valence-electron chi connectivity index (χ4n) is 2.54. The van der Waals surface area contributed by atoms with Crippen LogP contribution in [0.15, 0.2) is 0 Å². The standard InChI is InChI=1S/C14H27NO2/c1-11(2)13(14(16)17-3)15-12-9-7-5-4-6-8-10-12/h11-13,15H,4-10H2,1-3H3. The summed E-state index contributed by atoms with van der Waals surface area (Å²) in [7, 11) is 1.47. The number of nitrogens with one attached hydrogen (secondary N) is 1. The van der Waals surface area contributed by atoms with E-state index in [9.17, 15) is 4.79 Å². The number of methoxy groups -OCH3 is 1. The summed E-state index contributed by atoms with van der Waals surface area (Å²) in [4.78, 5) is 11.7. The van der Waals surface area contributed by atoms with Crippen LogP contribution in [-0.2, 0) is 9.53 Å². The van der Waals surface area contributed by atoms with Crippen molar-refractivity contribution in [3.05, 3.63) is 0 Å². The van der Waals surface area contributed by atoms with E-state index in [1.807, 2.05) is 0 Å². The van der Waals surface area contributed by atoms with Crippen LogP contribution in [0.3, 0.4) is 0 Å². The number of carbonyl (C=O) groups excluding carboxylic acids is 1. The molecule has 3 heteroatoms. The van der Waals surface area contributed by atoms with Gasteiger partial charge in [-0.15, -0.1) is 0 Å². The summed E-state index contributed by atoms with van der Waals surface area (Å²) in [6.07, 6.45) is 9.00. The van der Waals surface area contributed by atoms with E-state index in [0.717, 1.165) is 0 Å². The predicted octanol–water partition coefficient (Wildman–Crippen LogP) is 2.89. The first kappa shape index (κ1) is 14.5. The topological polar surface area (TPSA) is 38.3 Å². The van der Waals surface area contributed by atoms with E-state index in [2.05, 4.69) is 19.2 Å². The fraction of sp³-hybridized carbons (Fsp3) is 0.929. The zero-order valence-corrected chi connectivity index (χ0v) is 11.5. The molecule has 1 rings (SSSR count). The van der Waals surface area contributed by atoms with E-state index in [1.54, 1.807) is 0 Å². The maximum atomic E-state index is 11.7. The van der Waals surface area contributed by atoms with Gasteiger partial charge in [0.15, 0.2) is 0 Å². The zero-order chi connectivity index (χ0) is 12.7. The Morgan fingerprint density at radius 1 is 1.12 bits per heavy atom. The van der Waals surface area contributed by atoms with Gasteiger partial charge in [0.2, 0.25) is 0 Å². The highest BCUT2D eigenvalue weighted by Crippen LogP contribution is 2.18. The molecule has 0 heterocycles. The molecule has 1 saturated carbocycles. The first-order valence-electron chi connectivity index (χ1n) is 6.99. The molecule has 0 aromatic heterocycles. The summed E-state index contributed by atoms with van der Waals surface area (Å²) < 4.78 is 4.87. The monoisotopic (exact) mass is 241 g/mol. The van der Waals surface area contributed by atoms with Crippen molar-refractivity contribution in [3.63, 3.8) is 0 Å². The quantitative estimate of drug-likeness (QED) is 0.769. The first-order chi connectivity index (χ1) is 8.15. The second-order valence-corrected chi connectivity index (χ2v) is 5.45. The molecule has 100 valence electrons. The molecule has 0 aromatic rings. The van der Waals surface area contributed by atoms with Gasteiger partial charge in [-0.25, -0.2) is 0 Å². The average Bonchev–Trinajstić information content (AvgIpc) is 2.26. The molecule has 0 bridgehead atoms. The maximum Gasteiger partial charge on any atom is 0.323 e. The fourth-order valence-corrected chi connectivity index (χ4v) is 2.54. The van der Waals surface area contributed by atoms with Crippen LogP contribution >= 0.6 is 0 Å². The maximum absolute atomic E-state index is 11.7. The number of rotatable bonds is 4. The minimum Gasteiger partial charge on any atom is -0.468 e. The molecule has 3 nitrogen and oxygen atoms in total. The third-order valence-corrected chi connectivity index (χ3v) is 3.64. The Morgan fingerprint density at radius 3 is 2.12 bits per heavy atom. The Balaban J connectivity index is 2.49. The zero-order valence-electron chi connectivity index (χ0n) is 11.5. The van der Waals surface area contributed by atoms with Gasteiger partial charge in [-0.2, -0.15) is 0 Å². The molecule has 1 aliphatic carbocycles. The Hall–Kier alpha value is -0.570. The van der Waals surface area contributed by atoms with Gasteiger partial charge in [0, 0.05) is 6.04 Å². The van der Waals surface area contributed by atoms with Gasteiger partial charge >= 0.3 is 5.97 Å². The van der Waals surface area contributed by atoms with Crippen LogP contribution in [0.4, 0.5) is 0 Å². The predicted molar refractivity (Wildman–Crippen MR) is 69.9 cm³/mol. The van der Waals surface area contributed by atoms with Crippen molar-refractivity contribution in [2.24, 2.45) is 5.92 Å². The summed E-state index contributed by atoms with van der Waals surface area (Å²) in [5, 5.41) is 3.50. The summed E-state index contributed by atoms with van der Waals surface area (Å²) in [5.41, 5.74) is 0. The molecule has 0 saturated heterocycles. The third-order valence-electron chi connectivity index (χ3n) is 3.64.